The van der Waals surface area contributed by atoms with Crippen LogP contribution < -0.4 is 16.2 Å². The van der Waals surface area contributed by atoms with Gasteiger partial charge in [0.05, 0.1) is 12.1 Å². The molecule has 11 heteroatoms. The normalized spacial score (nSPS) is 13.7. The van der Waals surface area contributed by atoms with Gasteiger partial charge in [0, 0.05) is 42.4 Å². The van der Waals surface area contributed by atoms with Gasteiger partial charge in [-0.1, -0.05) is 30.4 Å². The number of imidazole rings is 1. The number of aromatic nitrogens is 4. The maximum absolute atomic E-state index is 13.6. The highest BCUT2D eigenvalue weighted by atomic mass is 19.2. The van der Waals surface area contributed by atoms with Gasteiger partial charge in [-0.15, -0.1) is 0 Å². The van der Waals surface area contributed by atoms with E-state index in [1.165, 1.54) is 15.4 Å². The van der Waals surface area contributed by atoms with Crippen LogP contribution in [-0.4, -0.2) is 37.7 Å². The number of aromatic amines is 1. The van der Waals surface area contributed by atoms with E-state index >= 15 is 0 Å². The number of hydrogen-bond acceptors (Lipinski definition) is 4. The monoisotopic (exact) mass is 544 g/mol. The molecule has 204 valence electrons. The van der Waals surface area contributed by atoms with E-state index in [4.69, 9.17) is 0 Å². The van der Waals surface area contributed by atoms with Crippen LogP contribution >= 0.6 is 0 Å². The Balaban J connectivity index is 1.25. The first-order valence-corrected chi connectivity index (χ1v) is 12.5. The molecule has 0 spiro atoms. The summed E-state index contributed by atoms with van der Waals surface area (Å²) in [5.74, 6) is -2.15. The van der Waals surface area contributed by atoms with Crippen molar-refractivity contribution in [3.8, 4) is 0 Å². The summed E-state index contributed by atoms with van der Waals surface area (Å²) in [6.45, 7) is 3.66. The molecule has 0 atom stereocenters. The van der Waals surface area contributed by atoms with Crippen LogP contribution in [0.1, 0.15) is 44.3 Å². The topological polar surface area (TPSA) is 114 Å². The van der Waals surface area contributed by atoms with Crippen molar-refractivity contribution in [3.63, 3.8) is 0 Å². The van der Waals surface area contributed by atoms with Crippen molar-refractivity contribution in [2.24, 2.45) is 7.05 Å². The second-order valence-corrected chi connectivity index (χ2v) is 9.48. The lowest BCUT2D eigenvalue weighted by Crippen LogP contribution is -2.31. The highest BCUT2D eigenvalue weighted by Crippen LogP contribution is 2.33. The molecule has 3 heterocycles. The van der Waals surface area contributed by atoms with Crippen LogP contribution in [0.3, 0.4) is 0 Å². The molecule has 40 heavy (non-hydrogen) atoms. The molecule has 3 N–H and O–H groups in total. The molecule has 0 radical (unpaired) electrons. The first-order chi connectivity index (χ1) is 19.1. The largest absolute Gasteiger partial charge is 0.348 e. The molecule has 5 rings (SSSR count). The highest BCUT2D eigenvalue weighted by molar-refractivity contribution is 6.34. The van der Waals surface area contributed by atoms with Gasteiger partial charge in [-0.05, 0) is 49.2 Å². The molecule has 0 fully saturated rings. The number of benzene rings is 2. The van der Waals surface area contributed by atoms with E-state index in [0.717, 1.165) is 29.0 Å². The van der Waals surface area contributed by atoms with Crippen molar-refractivity contribution in [2.45, 2.75) is 20.4 Å². The van der Waals surface area contributed by atoms with Gasteiger partial charge in [-0.25, -0.2) is 18.4 Å². The number of nitrogens with zero attached hydrogens (tertiary/aromatic N) is 3. The Morgan fingerprint density at radius 2 is 1.90 bits per heavy atom. The molecule has 0 aliphatic carbocycles. The Kier molecular flexibility index (Phi) is 7.03. The molecular formula is C29H26F2N6O3. The van der Waals surface area contributed by atoms with E-state index < -0.39 is 23.1 Å². The van der Waals surface area contributed by atoms with Crippen molar-refractivity contribution >= 4 is 35.2 Å². The van der Waals surface area contributed by atoms with E-state index in [1.54, 1.807) is 38.4 Å². The first-order valence-electron chi connectivity index (χ1n) is 12.5. The lowest BCUT2D eigenvalue weighted by atomic mass is 10.0. The number of nitrogens with one attached hydrogen (secondary N) is 3. The summed E-state index contributed by atoms with van der Waals surface area (Å²) in [4.78, 5) is 45.6. The van der Waals surface area contributed by atoms with Gasteiger partial charge in [0.2, 0.25) is 0 Å². The van der Waals surface area contributed by atoms with Gasteiger partial charge >= 0.3 is 0 Å². The van der Waals surface area contributed by atoms with E-state index in [1.807, 2.05) is 25.1 Å². The Bertz CT molecular complexity index is 1780. The summed E-state index contributed by atoms with van der Waals surface area (Å²) < 4.78 is 29.7. The third-order valence-corrected chi connectivity index (χ3v) is 6.72. The zero-order valence-electron chi connectivity index (χ0n) is 22.0. The highest BCUT2D eigenvalue weighted by Gasteiger charge is 2.24. The Morgan fingerprint density at radius 3 is 2.62 bits per heavy atom. The Morgan fingerprint density at radius 1 is 1.10 bits per heavy atom. The third kappa shape index (κ3) is 5.13. The minimum atomic E-state index is -1.01. The van der Waals surface area contributed by atoms with E-state index in [9.17, 15) is 23.2 Å². The van der Waals surface area contributed by atoms with Crippen molar-refractivity contribution in [2.75, 3.05) is 11.9 Å². The number of carbonyl (C=O) groups excluding carboxylic acids is 2. The van der Waals surface area contributed by atoms with Gasteiger partial charge in [0.15, 0.2) is 11.6 Å². The second-order valence-electron chi connectivity index (χ2n) is 9.48. The maximum atomic E-state index is 13.6. The lowest BCUT2D eigenvalue weighted by molar-refractivity contribution is -0.110. The standard InChI is InChI=1S/C29H26F2N6O3/c1-16-14-33-25(34-16)13-21-20-8-6-18(12-24(20)35-27(21)38)5-4-10-32-28(39)26-17(2)36(3)37(29(26)40)15-19-7-9-22(30)23(31)11-19/h4-9,11-14H,10,15H2,1-3H3,(H,32,39)(H,33,34)(H,35,38). The predicted octanol–water partition coefficient (Wildman–Crippen LogP) is 3.79. The fourth-order valence-corrected chi connectivity index (χ4v) is 4.55. The first kappa shape index (κ1) is 26.5. The molecule has 0 saturated heterocycles. The fourth-order valence-electron chi connectivity index (χ4n) is 4.55. The van der Waals surface area contributed by atoms with Crippen LogP contribution in [0.5, 0.6) is 0 Å². The van der Waals surface area contributed by atoms with Crippen LogP contribution in [0.25, 0.3) is 17.7 Å². The third-order valence-electron chi connectivity index (χ3n) is 6.72. The quantitative estimate of drug-likeness (QED) is 0.307. The molecule has 4 aromatic rings. The molecule has 2 aromatic carbocycles. The summed E-state index contributed by atoms with van der Waals surface area (Å²) in [5.41, 5.74) is 3.94. The Labute approximate surface area is 227 Å². The Hall–Kier alpha value is -5.06. The minimum Gasteiger partial charge on any atom is -0.348 e. The molecule has 9 nitrogen and oxygen atoms in total. The number of fused-ring (bicyclic) bond motifs is 1. The number of rotatable bonds is 7. The van der Waals surface area contributed by atoms with Crippen molar-refractivity contribution < 1.29 is 18.4 Å². The number of halogens is 2. The predicted molar refractivity (Wildman–Crippen MR) is 148 cm³/mol. The molecule has 1 aliphatic heterocycles. The number of aryl methyl sites for hydroxylation is 1. The molecular weight excluding hydrogens is 518 g/mol. The summed E-state index contributed by atoms with van der Waals surface area (Å²) in [5, 5.41) is 5.57. The fraction of sp³-hybridized carbons (Fsp3) is 0.172. The van der Waals surface area contributed by atoms with Crippen LogP contribution in [-0.2, 0) is 18.4 Å². The summed E-state index contributed by atoms with van der Waals surface area (Å²) in [6, 6.07) is 8.94. The summed E-state index contributed by atoms with van der Waals surface area (Å²) in [7, 11) is 1.62. The average Bonchev–Trinajstić information content (AvgIpc) is 3.53. The van der Waals surface area contributed by atoms with Crippen molar-refractivity contribution in [1.29, 1.82) is 0 Å². The molecule has 1 aliphatic rings. The smallest absolute Gasteiger partial charge is 0.280 e. The summed E-state index contributed by atoms with van der Waals surface area (Å²) in [6.07, 6.45) is 6.93. The molecule has 2 aromatic heterocycles. The van der Waals surface area contributed by atoms with E-state index in [0.29, 0.717) is 28.3 Å². The minimum absolute atomic E-state index is 0.0204. The lowest BCUT2D eigenvalue weighted by Gasteiger charge is -2.08. The SMILES string of the molecule is Cc1cnc(C=C2C(=O)Nc3cc(C=CCNC(=O)c4c(C)n(C)n(Cc5ccc(F)c(F)c5)c4=O)ccc32)[nH]1. The number of anilines is 1. The average molecular weight is 545 g/mol. The van der Waals surface area contributed by atoms with Gasteiger partial charge < -0.3 is 15.6 Å². The molecule has 0 unspecified atom stereocenters. The van der Waals surface area contributed by atoms with Gasteiger partial charge in [0.1, 0.15) is 11.4 Å². The van der Waals surface area contributed by atoms with Crippen molar-refractivity contribution in [3.05, 3.63) is 110 Å². The molecule has 0 bridgehead atoms. The number of amides is 2. The van der Waals surface area contributed by atoms with E-state index in [2.05, 4.69) is 20.6 Å². The number of hydrogen-bond donors (Lipinski definition) is 3. The van der Waals surface area contributed by atoms with Crippen LogP contribution in [0.15, 0.2) is 53.5 Å². The number of carbonyl (C=O) groups is 2. The zero-order chi connectivity index (χ0) is 28.6. The van der Waals surface area contributed by atoms with Gasteiger partial charge in [-0.3, -0.25) is 19.1 Å². The maximum Gasteiger partial charge on any atom is 0.280 e. The molecule has 2 amide bonds. The van der Waals surface area contributed by atoms with Crippen LogP contribution in [0.2, 0.25) is 0 Å². The van der Waals surface area contributed by atoms with Gasteiger partial charge in [0.25, 0.3) is 17.4 Å². The van der Waals surface area contributed by atoms with Gasteiger partial charge in [-0.2, -0.15) is 0 Å². The molecule has 0 saturated carbocycles. The van der Waals surface area contributed by atoms with Crippen LogP contribution in [0, 0.1) is 25.5 Å². The zero-order valence-corrected chi connectivity index (χ0v) is 22.0. The second kappa shape index (κ2) is 10.6. The van der Waals surface area contributed by atoms with E-state index in [-0.39, 0.29) is 24.6 Å². The van der Waals surface area contributed by atoms with Crippen LogP contribution in [0.4, 0.5) is 14.5 Å². The van der Waals surface area contributed by atoms with Crippen molar-refractivity contribution in [1.82, 2.24) is 24.6 Å². The number of H-pyrrole nitrogens is 1. The summed E-state index contributed by atoms with van der Waals surface area (Å²) >= 11 is 0.